The van der Waals surface area contributed by atoms with Crippen molar-refractivity contribution in [2.24, 2.45) is 0 Å². The maximum atomic E-state index is 11.8. The third kappa shape index (κ3) is 20.3. The van der Waals surface area contributed by atoms with Crippen LogP contribution in [0.4, 0.5) is 4.79 Å². The molecule has 0 fully saturated rings. The largest absolute Gasteiger partial charge is 0.491 e. The van der Waals surface area contributed by atoms with E-state index in [1.54, 1.807) is 7.05 Å². The normalized spacial score (nSPS) is 11.4. The SMILES string of the molecule is CN(CCOCCOCCOCCOCCOCCOCCOc1ccccc1)C(=O)OC(C)(C)C. The van der Waals surface area contributed by atoms with E-state index in [9.17, 15) is 4.79 Å². The molecule has 0 radical (unpaired) electrons. The lowest BCUT2D eigenvalue weighted by Crippen LogP contribution is -2.36. The molecule has 0 saturated heterocycles. The van der Waals surface area contributed by atoms with E-state index in [0.29, 0.717) is 92.4 Å². The van der Waals surface area contributed by atoms with Crippen molar-refractivity contribution in [3.63, 3.8) is 0 Å². The van der Waals surface area contributed by atoms with Crippen LogP contribution in [0, 0.1) is 0 Å². The summed E-state index contributed by atoms with van der Waals surface area (Å²) in [5.74, 6) is 0.842. The van der Waals surface area contributed by atoms with Crippen LogP contribution < -0.4 is 4.74 Å². The maximum absolute atomic E-state index is 11.8. The van der Waals surface area contributed by atoms with Gasteiger partial charge in [-0.25, -0.2) is 4.79 Å². The Bertz CT molecular complexity index is 640. The summed E-state index contributed by atoms with van der Waals surface area (Å²) in [6, 6.07) is 9.65. The summed E-state index contributed by atoms with van der Waals surface area (Å²) in [6.07, 6.45) is -0.359. The van der Waals surface area contributed by atoms with Crippen molar-refractivity contribution in [1.29, 1.82) is 0 Å². The van der Waals surface area contributed by atoms with Crippen LogP contribution in [-0.4, -0.2) is 116 Å². The number of amides is 1. The molecule has 0 N–H and O–H groups in total. The predicted octanol–water partition coefficient (Wildman–Crippen LogP) is 3.03. The summed E-state index contributed by atoms with van der Waals surface area (Å²) < 4.78 is 43.5. The van der Waals surface area contributed by atoms with E-state index >= 15 is 0 Å². The van der Waals surface area contributed by atoms with Crippen LogP contribution >= 0.6 is 0 Å². The van der Waals surface area contributed by atoms with Crippen LogP contribution in [0.1, 0.15) is 20.8 Å². The molecular formula is C26H45NO9. The highest BCUT2D eigenvalue weighted by Gasteiger charge is 2.19. The zero-order valence-electron chi connectivity index (χ0n) is 22.4. The van der Waals surface area contributed by atoms with E-state index in [4.69, 9.17) is 37.9 Å². The molecule has 1 aromatic carbocycles. The highest BCUT2D eigenvalue weighted by atomic mass is 16.6. The zero-order valence-corrected chi connectivity index (χ0v) is 22.4. The van der Waals surface area contributed by atoms with Gasteiger partial charge in [0.25, 0.3) is 0 Å². The van der Waals surface area contributed by atoms with Gasteiger partial charge in [-0.1, -0.05) is 18.2 Å². The first-order chi connectivity index (χ1) is 17.4. The van der Waals surface area contributed by atoms with Crippen molar-refractivity contribution in [3.8, 4) is 5.75 Å². The van der Waals surface area contributed by atoms with E-state index in [0.717, 1.165) is 5.75 Å². The lowest BCUT2D eigenvalue weighted by atomic mass is 10.2. The quantitative estimate of drug-likeness (QED) is 0.216. The van der Waals surface area contributed by atoms with Gasteiger partial charge < -0.3 is 42.8 Å². The first kappa shape index (κ1) is 32.1. The molecule has 0 unspecified atom stereocenters. The fraction of sp³-hybridized carbons (Fsp3) is 0.731. The molecule has 208 valence electrons. The van der Waals surface area contributed by atoms with Gasteiger partial charge in [-0.05, 0) is 32.9 Å². The van der Waals surface area contributed by atoms with Crippen LogP contribution in [0.15, 0.2) is 30.3 Å². The van der Waals surface area contributed by atoms with Crippen molar-refractivity contribution < 1.29 is 42.7 Å². The molecule has 0 saturated carbocycles. The molecule has 1 amide bonds. The number of nitrogens with zero attached hydrogens (tertiary/aromatic N) is 1. The van der Waals surface area contributed by atoms with Crippen molar-refractivity contribution in [3.05, 3.63) is 30.3 Å². The Morgan fingerprint density at radius 3 is 1.44 bits per heavy atom. The molecular weight excluding hydrogens is 470 g/mol. The maximum Gasteiger partial charge on any atom is 0.410 e. The number of benzene rings is 1. The number of para-hydroxylation sites is 1. The third-order valence-electron chi connectivity index (χ3n) is 4.38. The van der Waals surface area contributed by atoms with Gasteiger partial charge in [0.05, 0.1) is 79.3 Å². The second kappa shape index (κ2) is 21.2. The molecule has 0 aliphatic carbocycles. The standard InChI is InChI=1S/C26H45NO9/c1-26(2,3)36-25(28)27(4)10-11-29-12-13-30-14-15-31-16-17-32-18-19-33-20-21-34-22-23-35-24-8-6-5-7-9-24/h5-9H,10-23H2,1-4H3. The predicted molar refractivity (Wildman–Crippen MR) is 136 cm³/mol. The lowest BCUT2D eigenvalue weighted by Gasteiger charge is -2.24. The molecule has 36 heavy (non-hydrogen) atoms. The van der Waals surface area contributed by atoms with E-state index < -0.39 is 5.60 Å². The van der Waals surface area contributed by atoms with Crippen molar-refractivity contribution in [1.82, 2.24) is 4.90 Å². The number of carbonyl (C=O) groups excluding carboxylic acids is 1. The highest BCUT2D eigenvalue weighted by molar-refractivity contribution is 5.67. The van der Waals surface area contributed by atoms with Gasteiger partial charge in [0.1, 0.15) is 18.0 Å². The molecule has 0 spiro atoms. The number of carbonyl (C=O) groups is 1. The monoisotopic (exact) mass is 515 g/mol. The molecule has 0 bridgehead atoms. The summed E-state index contributed by atoms with van der Waals surface area (Å²) >= 11 is 0. The molecule has 0 aliphatic heterocycles. The average molecular weight is 516 g/mol. The highest BCUT2D eigenvalue weighted by Crippen LogP contribution is 2.09. The minimum Gasteiger partial charge on any atom is -0.491 e. The van der Waals surface area contributed by atoms with E-state index in [2.05, 4.69) is 0 Å². The molecule has 10 nitrogen and oxygen atoms in total. The fourth-order valence-corrected chi connectivity index (χ4v) is 2.57. The summed E-state index contributed by atoms with van der Waals surface area (Å²) in [5.41, 5.74) is -0.502. The Balaban J connectivity index is 1.72. The minimum absolute atomic E-state index is 0.359. The van der Waals surface area contributed by atoms with Crippen molar-refractivity contribution in [2.45, 2.75) is 26.4 Å². The van der Waals surface area contributed by atoms with Crippen molar-refractivity contribution >= 4 is 6.09 Å². The molecule has 0 aromatic heterocycles. The first-order valence-electron chi connectivity index (χ1n) is 12.5. The molecule has 0 heterocycles. The van der Waals surface area contributed by atoms with Gasteiger partial charge in [0.15, 0.2) is 0 Å². The van der Waals surface area contributed by atoms with E-state index in [-0.39, 0.29) is 6.09 Å². The van der Waals surface area contributed by atoms with Gasteiger partial charge >= 0.3 is 6.09 Å². The average Bonchev–Trinajstić information content (AvgIpc) is 2.84. The summed E-state index contributed by atoms with van der Waals surface area (Å²) in [5, 5.41) is 0. The molecule has 0 aliphatic rings. The molecule has 1 rings (SSSR count). The van der Waals surface area contributed by atoms with Crippen LogP contribution in [0.3, 0.4) is 0 Å². The van der Waals surface area contributed by atoms with Gasteiger partial charge in [-0.3, -0.25) is 0 Å². The number of likely N-dealkylation sites (N-methyl/N-ethyl adjacent to an activating group) is 1. The Labute approximate surface area is 216 Å². The Morgan fingerprint density at radius 2 is 1.03 bits per heavy atom. The minimum atomic E-state index is -0.502. The van der Waals surface area contributed by atoms with Gasteiger partial charge in [0.2, 0.25) is 0 Å². The Hall–Kier alpha value is -1.95. The Kier molecular flexibility index (Phi) is 18.9. The summed E-state index contributed by atoms with van der Waals surface area (Å²) in [7, 11) is 1.68. The summed E-state index contributed by atoms with van der Waals surface area (Å²) in [4.78, 5) is 13.3. The van der Waals surface area contributed by atoms with Gasteiger partial charge in [-0.15, -0.1) is 0 Å². The number of hydrogen-bond acceptors (Lipinski definition) is 9. The van der Waals surface area contributed by atoms with Gasteiger partial charge in [0, 0.05) is 13.6 Å². The zero-order chi connectivity index (χ0) is 26.3. The van der Waals surface area contributed by atoms with Crippen LogP contribution in [0.2, 0.25) is 0 Å². The smallest absolute Gasteiger partial charge is 0.410 e. The summed E-state index contributed by atoms with van der Waals surface area (Å²) in [6.45, 7) is 12.4. The fourth-order valence-electron chi connectivity index (χ4n) is 2.57. The number of hydrogen-bond donors (Lipinski definition) is 0. The molecule has 10 heteroatoms. The van der Waals surface area contributed by atoms with Crippen LogP contribution in [0.5, 0.6) is 5.75 Å². The Morgan fingerprint density at radius 1 is 0.639 bits per heavy atom. The second-order valence-corrected chi connectivity index (χ2v) is 8.74. The second-order valence-electron chi connectivity index (χ2n) is 8.74. The topological polar surface area (TPSA) is 94.2 Å². The van der Waals surface area contributed by atoms with E-state index in [1.807, 2.05) is 51.1 Å². The molecule has 1 aromatic rings. The van der Waals surface area contributed by atoms with Crippen LogP contribution in [0.25, 0.3) is 0 Å². The molecule has 0 atom stereocenters. The number of ether oxygens (including phenoxy) is 8. The van der Waals surface area contributed by atoms with Crippen LogP contribution in [-0.2, 0) is 33.2 Å². The number of rotatable bonds is 22. The van der Waals surface area contributed by atoms with Gasteiger partial charge in [-0.2, -0.15) is 0 Å². The van der Waals surface area contributed by atoms with E-state index in [1.165, 1.54) is 4.90 Å². The van der Waals surface area contributed by atoms with Crippen molar-refractivity contribution in [2.75, 3.05) is 99.5 Å². The lowest BCUT2D eigenvalue weighted by molar-refractivity contribution is -0.0188. The third-order valence-corrected chi connectivity index (χ3v) is 4.38. The first-order valence-corrected chi connectivity index (χ1v) is 12.5.